The van der Waals surface area contributed by atoms with Gasteiger partial charge in [0.25, 0.3) is 11.8 Å². The van der Waals surface area contributed by atoms with E-state index in [1.807, 2.05) is 0 Å². The minimum atomic E-state index is -4.58. The zero-order valence-corrected chi connectivity index (χ0v) is 19.2. The van der Waals surface area contributed by atoms with Gasteiger partial charge in [-0.15, -0.1) is 0 Å². The average Bonchev–Trinajstić information content (AvgIpc) is 3.42. The molecule has 1 saturated carbocycles. The van der Waals surface area contributed by atoms with Crippen molar-refractivity contribution in [2.45, 2.75) is 37.4 Å². The SMILES string of the molecule is C=C(F)C(=O)N1CC(n2nc(-c3ccc(C(F)(F)F)nc3)c3nccc(-c4nc(C5CCC5)no4)c32)C1. The van der Waals surface area contributed by atoms with Crippen LogP contribution in [0.1, 0.15) is 42.7 Å². The maximum absolute atomic E-state index is 13.3. The zero-order valence-electron chi connectivity index (χ0n) is 19.2. The van der Waals surface area contributed by atoms with Gasteiger partial charge in [-0.05, 0) is 31.0 Å². The number of rotatable bonds is 5. The quantitative estimate of drug-likeness (QED) is 0.282. The van der Waals surface area contributed by atoms with Crippen molar-refractivity contribution < 1.29 is 26.9 Å². The fourth-order valence-corrected chi connectivity index (χ4v) is 4.52. The minimum absolute atomic E-state index is 0.161. The van der Waals surface area contributed by atoms with E-state index in [9.17, 15) is 22.4 Å². The lowest BCUT2D eigenvalue weighted by molar-refractivity contribution is -0.141. The number of fused-ring (bicyclic) bond motifs is 1. The Morgan fingerprint density at radius 2 is 1.92 bits per heavy atom. The van der Waals surface area contributed by atoms with Crippen LogP contribution in [0.2, 0.25) is 0 Å². The first-order chi connectivity index (χ1) is 17.7. The van der Waals surface area contributed by atoms with Crippen LogP contribution in [-0.2, 0) is 11.0 Å². The molecule has 1 amide bonds. The van der Waals surface area contributed by atoms with Crippen LogP contribution < -0.4 is 0 Å². The van der Waals surface area contributed by atoms with E-state index in [-0.39, 0.29) is 30.9 Å². The molecule has 5 heterocycles. The lowest BCUT2D eigenvalue weighted by Crippen LogP contribution is -2.51. The van der Waals surface area contributed by atoms with Crippen molar-refractivity contribution in [3.8, 4) is 22.7 Å². The molecule has 0 radical (unpaired) electrons. The van der Waals surface area contributed by atoms with Gasteiger partial charge in [-0.1, -0.05) is 18.2 Å². The lowest BCUT2D eigenvalue weighted by Gasteiger charge is -2.39. The zero-order chi connectivity index (χ0) is 25.9. The minimum Gasteiger partial charge on any atom is -0.334 e. The number of carbonyl (C=O) groups is 1. The number of aromatic nitrogens is 6. The summed E-state index contributed by atoms with van der Waals surface area (Å²) in [6, 6.07) is 3.50. The van der Waals surface area contributed by atoms with Gasteiger partial charge in [0, 0.05) is 37.0 Å². The van der Waals surface area contributed by atoms with E-state index in [2.05, 4.69) is 31.8 Å². The third-order valence-corrected chi connectivity index (χ3v) is 6.78. The highest BCUT2D eigenvalue weighted by molar-refractivity contribution is 5.98. The van der Waals surface area contributed by atoms with Gasteiger partial charge >= 0.3 is 6.18 Å². The number of nitrogens with zero attached hydrogens (tertiary/aromatic N) is 7. The van der Waals surface area contributed by atoms with Crippen LogP contribution in [0.25, 0.3) is 33.7 Å². The molecule has 0 N–H and O–H groups in total. The van der Waals surface area contributed by atoms with Crippen molar-refractivity contribution in [3.05, 3.63) is 54.5 Å². The molecule has 9 nitrogen and oxygen atoms in total. The number of hydrogen-bond donors (Lipinski definition) is 0. The first kappa shape index (κ1) is 23.3. The number of pyridine rings is 2. The van der Waals surface area contributed by atoms with E-state index in [0.717, 1.165) is 31.5 Å². The van der Waals surface area contributed by atoms with Gasteiger partial charge in [-0.25, -0.2) is 4.39 Å². The van der Waals surface area contributed by atoms with Gasteiger partial charge in [-0.3, -0.25) is 19.4 Å². The van der Waals surface area contributed by atoms with Crippen molar-refractivity contribution in [2.24, 2.45) is 0 Å². The maximum atomic E-state index is 13.3. The predicted octanol–water partition coefficient (Wildman–Crippen LogP) is 4.70. The smallest absolute Gasteiger partial charge is 0.334 e. The topological polar surface area (TPSA) is 103 Å². The van der Waals surface area contributed by atoms with E-state index < -0.39 is 23.6 Å². The van der Waals surface area contributed by atoms with Gasteiger partial charge in [0.2, 0.25) is 0 Å². The first-order valence-corrected chi connectivity index (χ1v) is 11.6. The Kier molecular flexibility index (Phi) is 5.31. The van der Waals surface area contributed by atoms with Crippen molar-refractivity contribution >= 4 is 16.9 Å². The summed E-state index contributed by atoms with van der Waals surface area (Å²) in [4.78, 5) is 25.8. The van der Waals surface area contributed by atoms with Gasteiger partial charge in [-0.2, -0.15) is 23.3 Å². The predicted molar refractivity (Wildman–Crippen MR) is 122 cm³/mol. The fourth-order valence-electron chi connectivity index (χ4n) is 4.52. The molecule has 190 valence electrons. The summed E-state index contributed by atoms with van der Waals surface area (Å²) in [6.45, 7) is 3.37. The van der Waals surface area contributed by atoms with Crippen LogP contribution in [0.3, 0.4) is 0 Å². The van der Waals surface area contributed by atoms with Crippen molar-refractivity contribution in [1.82, 2.24) is 34.8 Å². The summed E-state index contributed by atoms with van der Waals surface area (Å²) in [5.41, 5.74) is 1.05. The third kappa shape index (κ3) is 3.94. The van der Waals surface area contributed by atoms with Gasteiger partial charge in [0.15, 0.2) is 11.7 Å². The van der Waals surface area contributed by atoms with E-state index in [1.165, 1.54) is 17.2 Å². The van der Waals surface area contributed by atoms with Gasteiger partial charge < -0.3 is 9.42 Å². The largest absolute Gasteiger partial charge is 0.433 e. The summed E-state index contributed by atoms with van der Waals surface area (Å²) in [5, 5.41) is 8.78. The standard InChI is InChI=1S/C24H19F4N7O2/c1-12(25)23(36)34-10-15(11-34)35-20-16(22-31-21(33-37-22)13-3-2-4-13)7-8-29-19(20)18(32-35)14-5-6-17(30-9-14)24(26,27)28/h5-9,13,15H,1-4,10-11H2. The summed E-state index contributed by atoms with van der Waals surface area (Å²) >= 11 is 0. The van der Waals surface area contributed by atoms with Crippen molar-refractivity contribution in [2.75, 3.05) is 13.1 Å². The number of likely N-dealkylation sites (tertiary alicyclic amines) is 1. The molecule has 37 heavy (non-hydrogen) atoms. The first-order valence-electron chi connectivity index (χ1n) is 11.6. The molecule has 0 bridgehead atoms. The Morgan fingerprint density at radius 1 is 1.14 bits per heavy atom. The molecule has 2 aliphatic rings. The van der Waals surface area contributed by atoms with Crippen LogP contribution in [-0.4, -0.2) is 53.8 Å². The average molecular weight is 513 g/mol. The molecule has 0 atom stereocenters. The van der Waals surface area contributed by atoms with Crippen LogP contribution >= 0.6 is 0 Å². The molecule has 4 aromatic rings. The van der Waals surface area contributed by atoms with Crippen LogP contribution in [0, 0.1) is 0 Å². The Balaban J connectivity index is 1.45. The summed E-state index contributed by atoms with van der Waals surface area (Å²) in [6.07, 6.45) is 1.12. The molecular weight excluding hydrogens is 494 g/mol. The van der Waals surface area contributed by atoms with Gasteiger partial charge in [0.1, 0.15) is 22.4 Å². The second kappa shape index (κ2) is 8.46. The van der Waals surface area contributed by atoms with E-state index in [4.69, 9.17) is 4.52 Å². The monoisotopic (exact) mass is 513 g/mol. The third-order valence-electron chi connectivity index (χ3n) is 6.78. The number of carbonyl (C=O) groups excluding carboxylic acids is 1. The fraction of sp³-hybridized carbons (Fsp3) is 0.333. The Morgan fingerprint density at radius 3 is 2.54 bits per heavy atom. The maximum Gasteiger partial charge on any atom is 0.433 e. The second-order valence-electron chi connectivity index (χ2n) is 9.13. The van der Waals surface area contributed by atoms with Crippen LogP contribution in [0.15, 0.2) is 47.5 Å². The number of amides is 1. The molecule has 4 aromatic heterocycles. The highest BCUT2D eigenvalue weighted by Crippen LogP contribution is 2.39. The van der Waals surface area contributed by atoms with Crippen LogP contribution in [0.5, 0.6) is 0 Å². The molecule has 1 aliphatic carbocycles. The molecule has 0 aromatic carbocycles. The van der Waals surface area contributed by atoms with Crippen LogP contribution in [0.4, 0.5) is 17.6 Å². The van der Waals surface area contributed by atoms with Crippen molar-refractivity contribution in [1.29, 1.82) is 0 Å². The molecule has 0 spiro atoms. The molecule has 0 unspecified atom stereocenters. The number of halogens is 4. The summed E-state index contributed by atoms with van der Waals surface area (Å²) in [7, 11) is 0. The molecule has 2 fully saturated rings. The second-order valence-corrected chi connectivity index (χ2v) is 9.13. The lowest BCUT2D eigenvalue weighted by atomic mass is 9.85. The van der Waals surface area contributed by atoms with E-state index in [0.29, 0.717) is 33.7 Å². The molecular formula is C24H19F4N7O2. The Labute approximate surface area is 206 Å². The molecule has 13 heteroatoms. The molecule has 1 saturated heterocycles. The van der Waals surface area contributed by atoms with E-state index in [1.54, 1.807) is 10.7 Å². The Bertz CT molecular complexity index is 1520. The highest BCUT2D eigenvalue weighted by Gasteiger charge is 2.37. The van der Waals surface area contributed by atoms with E-state index >= 15 is 0 Å². The number of alkyl halides is 3. The highest BCUT2D eigenvalue weighted by atomic mass is 19.4. The van der Waals surface area contributed by atoms with Gasteiger partial charge in [0.05, 0.1) is 11.6 Å². The Hall–Kier alpha value is -4.16. The normalized spacial score (nSPS) is 16.6. The summed E-state index contributed by atoms with van der Waals surface area (Å²) in [5.74, 6) is -0.742. The van der Waals surface area contributed by atoms with Crippen molar-refractivity contribution in [3.63, 3.8) is 0 Å². The number of hydrogen-bond acceptors (Lipinski definition) is 7. The molecule has 6 rings (SSSR count). The molecule has 1 aliphatic heterocycles. The summed E-state index contributed by atoms with van der Waals surface area (Å²) < 4.78 is 59.7.